The Kier molecular flexibility index (Phi) is 7.28. The number of hydrogen-bond acceptors (Lipinski definition) is 4. The molecule has 31 heavy (non-hydrogen) atoms. The number of anilines is 2. The second kappa shape index (κ2) is 10.1. The van der Waals surface area contributed by atoms with Crippen molar-refractivity contribution in [1.29, 1.82) is 0 Å². The molecule has 8 heteroatoms. The van der Waals surface area contributed by atoms with Crippen molar-refractivity contribution in [2.75, 3.05) is 17.2 Å². The van der Waals surface area contributed by atoms with Gasteiger partial charge in [-0.3, -0.25) is 9.59 Å². The molecule has 0 bridgehead atoms. The van der Waals surface area contributed by atoms with Gasteiger partial charge in [0.15, 0.2) is 0 Å². The van der Waals surface area contributed by atoms with Crippen LogP contribution in [0.2, 0.25) is 10.0 Å². The van der Waals surface area contributed by atoms with Gasteiger partial charge in [-0.2, -0.15) is 0 Å². The van der Waals surface area contributed by atoms with Crippen LogP contribution in [-0.2, 0) is 4.74 Å². The molecule has 3 rings (SSSR count). The number of esters is 1. The Labute approximate surface area is 189 Å². The molecule has 0 aliphatic heterocycles. The van der Waals surface area contributed by atoms with E-state index in [0.717, 1.165) is 0 Å². The first-order chi connectivity index (χ1) is 14.9. The van der Waals surface area contributed by atoms with Gasteiger partial charge in [-0.15, -0.1) is 0 Å². The van der Waals surface area contributed by atoms with E-state index in [1.54, 1.807) is 61.5 Å². The van der Waals surface area contributed by atoms with E-state index in [2.05, 4.69) is 10.6 Å². The summed E-state index contributed by atoms with van der Waals surface area (Å²) in [4.78, 5) is 37.8. The summed E-state index contributed by atoms with van der Waals surface area (Å²) in [6, 6.07) is 17.5. The maximum atomic E-state index is 12.9. The molecule has 2 N–H and O–H groups in total. The predicted molar refractivity (Wildman–Crippen MR) is 121 cm³/mol. The fourth-order valence-electron chi connectivity index (χ4n) is 2.82. The van der Waals surface area contributed by atoms with E-state index in [4.69, 9.17) is 27.9 Å². The summed E-state index contributed by atoms with van der Waals surface area (Å²) < 4.78 is 5.03. The molecule has 6 nitrogen and oxygen atoms in total. The fraction of sp³-hybridized carbons (Fsp3) is 0.0870. The van der Waals surface area contributed by atoms with Crippen LogP contribution in [0.5, 0.6) is 0 Å². The summed E-state index contributed by atoms with van der Waals surface area (Å²) in [6.45, 7) is 1.91. The molecule has 0 saturated heterocycles. The van der Waals surface area contributed by atoms with E-state index in [1.165, 1.54) is 12.1 Å². The van der Waals surface area contributed by atoms with E-state index in [-0.39, 0.29) is 34.0 Å². The van der Waals surface area contributed by atoms with Crippen molar-refractivity contribution in [1.82, 2.24) is 0 Å². The number of nitrogens with one attached hydrogen (secondary N) is 2. The monoisotopic (exact) mass is 456 g/mol. The summed E-state index contributed by atoms with van der Waals surface area (Å²) in [5.41, 5.74) is 1.23. The molecule has 0 saturated carbocycles. The Hall–Kier alpha value is -3.35. The van der Waals surface area contributed by atoms with Gasteiger partial charge in [0.05, 0.1) is 39.7 Å². The van der Waals surface area contributed by atoms with E-state index < -0.39 is 17.8 Å². The molecule has 0 aliphatic carbocycles. The van der Waals surface area contributed by atoms with Gasteiger partial charge in [0.1, 0.15) is 0 Å². The Morgan fingerprint density at radius 1 is 0.774 bits per heavy atom. The summed E-state index contributed by atoms with van der Waals surface area (Å²) in [6.07, 6.45) is 0. The third-order valence-electron chi connectivity index (χ3n) is 4.27. The highest BCUT2D eigenvalue weighted by Gasteiger charge is 2.19. The lowest BCUT2D eigenvalue weighted by atomic mass is 10.1. The first kappa shape index (κ1) is 22.3. The van der Waals surface area contributed by atoms with Crippen molar-refractivity contribution >= 4 is 52.4 Å². The molecule has 2 amide bonds. The number of para-hydroxylation sites is 2. The minimum Gasteiger partial charge on any atom is -0.462 e. The highest BCUT2D eigenvalue weighted by Crippen LogP contribution is 2.24. The zero-order valence-corrected chi connectivity index (χ0v) is 18.0. The predicted octanol–water partition coefficient (Wildman–Crippen LogP) is 5.67. The standard InChI is InChI=1S/C23H18Cl2N2O4/c1-2-31-23(30)17-8-4-6-10-20(17)27-22(29)16-7-3-5-9-19(16)26-21(28)15-12-11-14(24)13-18(15)25/h3-13H,2H2,1H3,(H,26,28)(H,27,29). The lowest BCUT2D eigenvalue weighted by Crippen LogP contribution is -2.19. The molecular formula is C23H18Cl2N2O4. The number of halogens is 2. The molecule has 158 valence electrons. The molecule has 0 unspecified atom stereocenters. The van der Waals surface area contributed by atoms with Crippen LogP contribution in [0.3, 0.4) is 0 Å². The van der Waals surface area contributed by atoms with Crippen LogP contribution in [0.15, 0.2) is 66.7 Å². The third kappa shape index (κ3) is 5.42. The van der Waals surface area contributed by atoms with E-state index >= 15 is 0 Å². The number of rotatable bonds is 6. The topological polar surface area (TPSA) is 84.5 Å². The average Bonchev–Trinajstić information content (AvgIpc) is 2.74. The van der Waals surface area contributed by atoms with Crippen LogP contribution in [-0.4, -0.2) is 24.4 Å². The molecule has 0 aliphatic rings. The molecule has 0 aromatic heterocycles. The zero-order chi connectivity index (χ0) is 22.4. The number of ether oxygens (including phenoxy) is 1. The normalized spacial score (nSPS) is 10.3. The number of benzene rings is 3. The Balaban J connectivity index is 1.85. The molecular weight excluding hydrogens is 439 g/mol. The fourth-order valence-corrected chi connectivity index (χ4v) is 3.32. The Bertz CT molecular complexity index is 1150. The average molecular weight is 457 g/mol. The largest absolute Gasteiger partial charge is 0.462 e. The van der Waals surface area contributed by atoms with Crippen molar-refractivity contribution in [3.8, 4) is 0 Å². The first-order valence-electron chi connectivity index (χ1n) is 9.33. The molecule has 0 heterocycles. The number of hydrogen-bond donors (Lipinski definition) is 2. The van der Waals surface area contributed by atoms with Gasteiger partial charge in [-0.05, 0) is 49.4 Å². The van der Waals surface area contributed by atoms with Gasteiger partial charge >= 0.3 is 5.97 Å². The molecule has 0 radical (unpaired) electrons. The molecule has 0 atom stereocenters. The summed E-state index contributed by atoms with van der Waals surface area (Å²) in [7, 11) is 0. The van der Waals surface area contributed by atoms with Crippen LogP contribution < -0.4 is 10.6 Å². The van der Waals surface area contributed by atoms with Crippen LogP contribution in [0.1, 0.15) is 38.0 Å². The molecule has 0 spiro atoms. The van der Waals surface area contributed by atoms with Crippen LogP contribution in [0, 0.1) is 0 Å². The molecule has 3 aromatic carbocycles. The van der Waals surface area contributed by atoms with Gasteiger partial charge in [0, 0.05) is 5.02 Å². The number of carbonyl (C=O) groups excluding carboxylic acids is 3. The highest BCUT2D eigenvalue weighted by atomic mass is 35.5. The number of amides is 2. The van der Waals surface area contributed by atoms with Crippen molar-refractivity contribution < 1.29 is 19.1 Å². The van der Waals surface area contributed by atoms with E-state index in [1.807, 2.05) is 0 Å². The van der Waals surface area contributed by atoms with Gasteiger partial charge in [-0.1, -0.05) is 47.5 Å². The van der Waals surface area contributed by atoms with Gasteiger partial charge in [0.2, 0.25) is 0 Å². The summed E-state index contributed by atoms with van der Waals surface area (Å²) in [5, 5.41) is 5.99. The third-order valence-corrected chi connectivity index (χ3v) is 4.81. The Morgan fingerprint density at radius 2 is 1.32 bits per heavy atom. The quantitative estimate of drug-likeness (QED) is 0.467. The summed E-state index contributed by atoms with van der Waals surface area (Å²) in [5.74, 6) is -1.54. The lowest BCUT2D eigenvalue weighted by molar-refractivity contribution is 0.0527. The molecule has 0 fully saturated rings. The maximum absolute atomic E-state index is 12.9. The SMILES string of the molecule is CCOC(=O)c1ccccc1NC(=O)c1ccccc1NC(=O)c1ccc(Cl)cc1Cl. The first-order valence-corrected chi connectivity index (χ1v) is 10.1. The Morgan fingerprint density at radius 3 is 1.94 bits per heavy atom. The van der Waals surface area contributed by atoms with Crippen LogP contribution in [0.4, 0.5) is 11.4 Å². The highest BCUT2D eigenvalue weighted by molar-refractivity contribution is 6.37. The summed E-state index contributed by atoms with van der Waals surface area (Å²) >= 11 is 12.0. The van der Waals surface area contributed by atoms with E-state index in [0.29, 0.717) is 10.7 Å². The van der Waals surface area contributed by atoms with Crippen LogP contribution in [0.25, 0.3) is 0 Å². The van der Waals surface area contributed by atoms with Gasteiger partial charge in [-0.25, -0.2) is 4.79 Å². The van der Waals surface area contributed by atoms with Crippen molar-refractivity contribution in [3.63, 3.8) is 0 Å². The van der Waals surface area contributed by atoms with Crippen molar-refractivity contribution in [3.05, 3.63) is 93.5 Å². The zero-order valence-electron chi connectivity index (χ0n) is 16.4. The smallest absolute Gasteiger partial charge is 0.340 e. The lowest BCUT2D eigenvalue weighted by Gasteiger charge is -2.14. The molecule has 3 aromatic rings. The van der Waals surface area contributed by atoms with Crippen molar-refractivity contribution in [2.45, 2.75) is 6.92 Å². The minimum atomic E-state index is -0.544. The van der Waals surface area contributed by atoms with Crippen LogP contribution >= 0.6 is 23.2 Å². The van der Waals surface area contributed by atoms with Gasteiger partial charge < -0.3 is 15.4 Å². The minimum absolute atomic E-state index is 0.190. The van der Waals surface area contributed by atoms with Crippen molar-refractivity contribution in [2.24, 2.45) is 0 Å². The second-order valence-electron chi connectivity index (χ2n) is 6.34. The maximum Gasteiger partial charge on any atom is 0.340 e. The van der Waals surface area contributed by atoms with E-state index in [9.17, 15) is 14.4 Å². The van der Waals surface area contributed by atoms with Gasteiger partial charge in [0.25, 0.3) is 11.8 Å². The second-order valence-corrected chi connectivity index (χ2v) is 7.19. The number of carbonyl (C=O) groups is 3.